The predicted molar refractivity (Wildman–Crippen MR) is 71.7 cm³/mol. The topological polar surface area (TPSA) is 33.4 Å². The summed E-state index contributed by atoms with van der Waals surface area (Å²) < 4.78 is 1.94. The summed E-state index contributed by atoms with van der Waals surface area (Å²) in [6, 6.07) is 6.12. The molecule has 0 spiro atoms. The van der Waals surface area contributed by atoms with Gasteiger partial charge in [-0.15, -0.1) is 0 Å². The van der Waals surface area contributed by atoms with E-state index in [1.54, 1.807) is 0 Å². The van der Waals surface area contributed by atoms with Gasteiger partial charge in [-0.3, -0.25) is 0 Å². The molecule has 1 saturated heterocycles. The van der Waals surface area contributed by atoms with Crippen molar-refractivity contribution in [3.8, 4) is 0 Å². The highest BCUT2D eigenvalue weighted by Gasteiger charge is 2.11. The minimum Gasteiger partial charge on any atom is -0.303 e. The molecule has 18 heavy (non-hydrogen) atoms. The van der Waals surface area contributed by atoms with Crippen LogP contribution in [-0.2, 0) is 6.42 Å². The fraction of sp³-hybridized carbons (Fsp3) is 0.571. The van der Waals surface area contributed by atoms with Crippen molar-refractivity contribution in [2.75, 3.05) is 19.6 Å². The molecule has 0 saturated carbocycles. The number of hydrogen-bond donors (Lipinski definition) is 0. The molecule has 0 aromatic carbocycles. The average Bonchev–Trinajstić information content (AvgIpc) is 2.82. The first-order valence-electron chi connectivity index (χ1n) is 6.86. The van der Waals surface area contributed by atoms with Crippen molar-refractivity contribution in [2.45, 2.75) is 32.6 Å². The fourth-order valence-corrected chi connectivity index (χ4v) is 2.63. The highest BCUT2D eigenvalue weighted by molar-refractivity contribution is 5.38. The fourth-order valence-electron chi connectivity index (χ4n) is 2.63. The van der Waals surface area contributed by atoms with Crippen LogP contribution >= 0.6 is 0 Å². The van der Waals surface area contributed by atoms with Crippen LogP contribution in [0, 0.1) is 6.92 Å². The largest absolute Gasteiger partial charge is 0.303 e. The Morgan fingerprint density at radius 1 is 1.17 bits per heavy atom. The molecule has 1 fully saturated rings. The van der Waals surface area contributed by atoms with Crippen LogP contribution in [0.5, 0.6) is 0 Å². The SMILES string of the molecule is Cc1cccc2nc(CCN3CCCCC3)nn12. The van der Waals surface area contributed by atoms with E-state index in [0.717, 1.165) is 30.1 Å². The van der Waals surface area contributed by atoms with Gasteiger partial charge in [-0.25, -0.2) is 9.50 Å². The van der Waals surface area contributed by atoms with Crippen molar-refractivity contribution in [1.29, 1.82) is 0 Å². The number of fused-ring (bicyclic) bond motifs is 1. The van der Waals surface area contributed by atoms with Gasteiger partial charge in [0.25, 0.3) is 0 Å². The molecule has 4 nitrogen and oxygen atoms in total. The number of nitrogens with zero attached hydrogens (tertiary/aromatic N) is 4. The van der Waals surface area contributed by atoms with E-state index in [0.29, 0.717) is 0 Å². The maximum Gasteiger partial charge on any atom is 0.155 e. The second-order valence-corrected chi connectivity index (χ2v) is 5.12. The van der Waals surface area contributed by atoms with Crippen LogP contribution in [0.1, 0.15) is 30.8 Å². The molecular formula is C14H20N4. The Hall–Kier alpha value is -1.42. The lowest BCUT2D eigenvalue weighted by Crippen LogP contribution is -2.31. The van der Waals surface area contributed by atoms with E-state index in [1.165, 1.54) is 32.4 Å². The third-order valence-electron chi connectivity index (χ3n) is 3.69. The number of aromatic nitrogens is 3. The van der Waals surface area contributed by atoms with Crippen molar-refractivity contribution in [3.63, 3.8) is 0 Å². The molecule has 0 unspecified atom stereocenters. The summed E-state index contributed by atoms with van der Waals surface area (Å²) in [5, 5.41) is 4.58. The van der Waals surface area contributed by atoms with Crippen molar-refractivity contribution in [1.82, 2.24) is 19.5 Å². The Bertz CT molecular complexity index is 526. The lowest BCUT2D eigenvalue weighted by molar-refractivity contribution is 0.230. The van der Waals surface area contributed by atoms with Crippen molar-refractivity contribution in [3.05, 3.63) is 29.7 Å². The smallest absolute Gasteiger partial charge is 0.155 e. The Kier molecular flexibility index (Phi) is 3.28. The number of pyridine rings is 1. The van der Waals surface area contributed by atoms with Gasteiger partial charge in [0.15, 0.2) is 11.5 Å². The molecule has 2 aromatic rings. The molecule has 4 heteroatoms. The Balaban J connectivity index is 1.69. The number of aryl methyl sites for hydroxylation is 1. The van der Waals surface area contributed by atoms with Crippen LogP contribution in [0.2, 0.25) is 0 Å². The number of rotatable bonds is 3. The second-order valence-electron chi connectivity index (χ2n) is 5.12. The molecule has 1 aliphatic rings. The van der Waals surface area contributed by atoms with Gasteiger partial charge in [-0.1, -0.05) is 12.5 Å². The van der Waals surface area contributed by atoms with Gasteiger partial charge in [0, 0.05) is 18.7 Å². The number of hydrogen-bond acceptors (Lipinski definition) is 3. The summed E-state index contributed by atoms with van der Waals surface area (Å²) in [5.74, 6) is 0.967. The maximum absolute atomic E-state index is 4.58. The monoisotopic (exact) mass is 244 g/mol. The third-order valence-corrected chi connectivity index (χ3v) is 3.69. The lowest BCUT2D eigenvalue weighted by atomic mass is 10.1. The molecule has 0 bridgehead atoms. The summed E-state index contributed by atoms with van der Waals surface area (Å²) in [7, 11) is 0. The van der Waals surface area contributed by atoms with E-state index in [2.05, 4.69) is 28.0 Å². The molecular weight excluding hydrogens is 224 g/mol. The zero-order valence-electron chi connectivity index (χ0n) is 11.0. The summed E-state index contributed by atoms with van der Waals surface area (Å²) in [4.78, 5) is 7.11. The molecule has 1 aliphatic heterocycles. The van der Waals surface area contributed by atoms with Crippen molar-refractivity contribution < 1.29 is 0 Å². The minimum atomic E-state index is 0.959. The first-order valence-corrected chi connectivity index (χ1v) is 6.86. The van der Waals surface area contributed by atoms with Crippen molar-refractivity contribution >= 4 is 5.65 Å². The first-order chi connectivity index (χ1) is 8.83. The summed E-state index contributed by atoms with van der Waals surface area (Å²) in [5.41, 5.74) is 2.10. The first kappa shape index (κ1) is 11.7. The molecule has 0 N–H and O–H groups in total. The minimum absolute atomic E-state index is 0.959. The number of likely N-dealkylation sites (tertiary alicyclic amines) is 1. The van der Waals surface area contributed by atoms with Crippen LogP contribution in [0.3, 0.4) is 0 Å². The molecule has 3 heterocycles. The predicted octanol–water partition coefficient (Wildman–Crippen LogP) is 2.07. The molecule has 0 amide bonds. The van der Waals surface area contributed by atoms with Gasteiger partial charge in [0.05, 0.1) is 0 Å². The van der Waals surface area contributed by atoms with Gasteiger partial charge in [-0.2, -0.15) is 5.10 Å². The van der Waals surface area contributed by atoms with E-state index in [9.17, 15) is 0 Å². The van der Waals surface area contributed by atoms with Crippen molar-refractivity contribution in [2.24, 2.45) is 0 Å². The normalized spacial score (nSPS) is 17.4. The zero-order chi connectivity index (χ0) is 12.4. The van der Waals surface area contributed by atoms with Gasteiger partial charge in [-0.05, 0) is 45.0 Å². The highest BCUT2D eigenvalue weighted by atomic mass is 15.3. The van der Waals surface area contributed by atoms with E-state index in [1.807, 2.05) is 16.6 Å². The Labute approximate surface area is 108 Å². The molecule has 0 atom stereocenters. The molecule has 0 radical (unpaired) electrons. The van der Waals surface area contributed by atoms with Crippen LogP contribution in [0.15, 0.2) is 18.2 Å². The van der Waals surface area contributed by atoms with E-state index in [4.69, 9.17) is 0 Å². The lowest BCUT2D eigenvalue weighted by Gasteiger charge is -2.25. The number of piperidine rings is 1. The maximum atomic E-state index is 4.58. The van der Waals surface area contributed by atoms with Crippen LogP contribution in [-0.4, -0.2) is 39.1 Å². The summed E-state index contributed by atoms with van der Waals surface area (Å²) in [6.45, 7) is 5.64. The highest BCUT2D eigenvalue weighted by Crippen LogP contribution is 2.10. The van der Waals surface area contributed by atoms with Crippen LogP contribution < -0.4 is 0 Å². The third kappa shape index (κ3) is 2.38. The van der Waals surface area contributed by atoms with E-state index < -0.39 is 0 Å². The zero-order valence-corrected chi connectivity index (χ0v) is 11.0. The van der Waals surface area contributed by atoms with Gasteiger partial charge in [0.1, 0.15) is 0 Å². The van der Waals surface area contributed by atoms with E-state index >= 15 is 0 Å². The van der Waals surface area contributed by atoms with Gasteiger partial charge < -0.3 is 4.90 Å². The summed E-state index contributed by atoms with van der Waals surface area (Å²) >= 11 is 0. The summed E-state index contributed by atoms with van der Waals surface area (Å²) in [6.07, 6.45) is 5.04. The molecule has 0 aliphatic carbocycles. The van der Waals surface area contributed by atoms with Crippen LogP contribution in [0.25, 0.3) is 5.65 Å². The van der Waals surface area contributed by atoms with Gasteiger partial charge in [0.2, 0.25) is 0 Å². The molecule has 96 valence electrons. The molecule has 3 rings (SSSR count). The Morgan fingerprint density at radius 2 is 2.00 bits per heavy atom. The second kappa shape index (κ2) is 5.06. The van der Waals surface area contributed by atoms with Crippen LogP contribution in [0.4, 0.5) is 0 Å². The van der Waals surface area contributed by atoms with E-state index in [-0.39, 0.29) is 0 Å². The quantitative estimate of drug-likeness (QED) is 0.828. The standard InChI is InChI=1S/C14H20N4/c1-12-6-5-7-14-15-13(16-18(12)14)8-11-17-9-3-2-4-10-17/h5-7H,2-4,8-11H2,1H3. The Morgan fingerprint density at radius 3 is 2.78 bits per heavy atom. The molecule has 2 aromatic heterocycles. The average molecular weight is 244 g/mol. The van der Waals surface area contributed by atoms with Gasteiger partial charge >= 0.3 is 0 Å².